The molecule has 0 amide bonds. The molecule has 1 aliphatic rings. The molecule has 0 radical (unpaired) electrons. The van der Waals surface area contributed by atoms with Gasteiger partial charge in [-0.15, -0.1) is 0 Å². The van der Waals surface area contributed by atoms with Crippen molar-refractivity contribution in [2.45, 2.75) is 25.4 Å². The number of ether oxygens (including phenoxy) is 2. The van der Waals surface area contributed by atoms with Crippen LogP contribution in [0.15, 0.2) is 6.33 Å². The van der Waals surface area contributed by atoms with Gasteiger partial charge in [0.05, 0.1) is 32.3 Å². The Hall–Kier alpha value is -2.04. The van der Waals surface area contributed by atoms with E-state index in [2.05, 4.69) is 15.0 Å². The average Bonchev–Trinajstić information content (AvgIpc) is 3.08. The molecule has 126 valence electrons. The zero-order valence-electron chi connectivity index (χ0n) is 12.5. The molecule has 0 unspecified atom stereocenters. The summed E-state index contributed by atoms with van der Waals surface area (Å²) in [6.07, 6.45) is -1.49. The summed E-state index contributed by atoms with van der Waals surface area (Å²) in [4.78, 5) is 12.2. The van der Waals surface area contributed by atoms with Crippen LogP contribution in [0.3, 0.4) is 0 Å². The Morgan fingerprint density at radius 1 is 1.48 bits per heavy atom. The number of nitrogen functional groups attached to an aromatic ring is 1. The van der Waals surface area contributed by atoms with E-state index < -0.39 is 37.6 Å². The lowest BCUT2D eigenvalue weighted by molar-refractivity contribution is -0.0494. The number of fused-ring (bicyclic) bond motifs is 1. The minimum Gasteiger partial charge on any atom is -0.476 e. The Morgan fingerprint density at radius 3 is 2.87 bits per heavy atom. The SMILES string of the molecule is CCOc1nc(N)nc2c1ncn2[C@@H]1O[C@H](CO)[C@@H](CF)[C@H]1O. The summed E-state index contributed by atoms with van der Waals surface area (Å²) in [5, 5.41) is 19.6. The van der Waals surface area contributed by atoms with Crippen LogP contribution in [0.2, 0.25) is 0 Å². The summed E-state index contributed by atoms with van der Waals surface area (Å²) in [5.41, 5.74) is 6.35. The van der Waals surface area contributed by atoms with Crippen molar-refractivity contribution in [1.82, 2.24) is 19.5 Å². The Labute approximate surface area is 130 Å². The molecule has 10 heteroatoms. The first-order valence-electron chi connectivity index (χ1n) is 7.23. The van der Waals surface area contributed by atoms with E-state index in [1.807, 2.05) is 0 Å². The number of hydrogen-bond acceptors (Lipinski definition) is 8. The largest absolute Gasteiger partial charge is 0.476 e. The fourth-order valence-electron chi connectivity index (χ4n) is 2.72. The van der Waals surface area contributed by atoms with E-state index in [0.29, 0.717) is 17.8 Å². The van der Waals surface area contributed by atoms with Crippen LogP contribution in [0.4, 0.5) is 10.3 Å². The van der Waals surface area contributed by atoms with Crippen molar-refractivity contribution < 1.29 is 24.1 Å². The van der Waals surface area contributed by atoms with Gasteiger partial charge in [0.2, 0.25) is 11.8 Å². The number of aliphatic hydroxyl groups excluding tert-OH is 2. The van der Waals surface area contributed by atoms with Crippen molar-refractivity contribution in [3.05, 3.63) is 6.33 Å². The van der Waals surface area contributed by atoms with E-state index in [9.17, 15) is 14.6 Å². The first kappa shape index (κ1) is 15.8. The van der Waals surface area contributed by atoms with Crippen LogP contribution in [-0.4, -0.2) is 61.8 Å². The quantitative estimate of drug-likeness (QED) is 0.679. The first-order chi connectivity index (χ1) is 11.1. The number of anilines is 1. The van der Waals surface area contributed by atoms with E-state index in [0.717, 1.165) is 0 Å². The van der Waals surface area contributed by atoms with E-state index in [-0.39, 0.29) is 11.8 Å². The molecule has 2 aromatic rings. The predicted molar refractivity (Wildman–Crippen MR) is 77.4 cm³/mol. The number of hydrogen-bond donors (Lipinski definition) is 3. The van der Waals surface area contributed by atoms with Gasteiger partial charge in [0, 0.05) is 5.92 Å². The van der Waals surface area contributed by atoms with E-state index in [4.69, 9.17) is 15.2 Å². The molecular formula is C13H18FN5O4. The lowest BCUT2D eigenvalue weighted by atomic mass is 10.0. The van der Waals surface area contributed by atoms with Crippen molar-refractivity contribution in [2.75, 3.05) is 25.6 Å². The number of nitrogens with two attached hydrogens (primary N) is 1. The number of halogens is 1. The van der Waals surface area contributed by atoms with E-state index in [1.165, 1.54) is 10.9 Å². The van der Waals surface area contributed by atoms with Crippen LogP contribution in [0, 0.1) is 5.92 Å². The normalized spacial score (nSPS) is 27.7. The lowest BCUT2D eigenvalue weighted by Gasteiger charge is -2.17. The van der Waals surface area contributed by atoms with Gasteiger partial charge in [-0.3, -0.25) is 8.96 Å². The maximum absolute atomic E-state index is 13.1. The average molecular weight is 327 g/mol. The fraction of sp³-hybridized carbons (Fsp3) is 0.615. The van der Waals surface area contributed by atoms with Gasteiger partial charge in [0.15, 0.2) is 17.4 Å². The summed E-state index contributed by atoms with van der Waals surface area (Å²) in [6.45, 7) is 0.965. The Balaban J connectivity index is 2.04. The van der Waals surface area contributed by atoms with Crippen LogP contribution in [-0.2, 0) is 4.74 Å². The summed E-state index contributed by atoms with van der Waals surface area (Å²) in [6, 6.07) is 0. The molecular weight excluding hydrogens is 309 g/mol. The third kappa shape index (κ3) is 2.58. The van der Waals surface area contributed by atoms with Gasteiger partial charge in [-0.2, -0.15) is 9.97 Å². The molecule has 23 heavy (non-hydrogen) atoms. The summed E-state index contributed by atoms with van der Waals surface area (Å²) in [7, 11) is 0. The zero-order chi connectivity index (χ0) is 16.6. The van der Waals surface area contributed by atoms with Crippen LogP contribution in [0.5, 0.6) is 5.88 Å². The Kier molecular flexibility index (Phi) is 4.28. The molecule has 0 aromatic carbocycles. The zero-order valence-corrected chi connectivity index (χ0v) is 12.5. The van der Waals surface area contributed by atoms with Gasteiger partial charge in [-0.05, 0) is 6.92 Å². The second-order valence-electron chi connectivity index (χ2n) is 5.20. The molecule has 1 fully saturated rings. The van der Waals surface area contributed by atoms with Gasteiger partial charge < -0.3 is 25.4 Å². The van der Waals surface area contributed by atoms with Gasteiger partial charge in [0.25, 0.3) is 0 Å². The molecule has 3 heterocycles. The molecule has 0 bridgehead atoms. The number of alkyl halides is 1. The monoisotopic (exact) mass is 327 g/mol. The molecule has 0 spiro atoms. The van der Waals surface area contributed by atoms with Crippen molar-refractivity contribution in [1.29, 1.82) is 0 Å². The molecule has 9 nitrogen and oxygen atoms in total. The molecule has 4 atom stereocenters. The van der Waals surface area contributed by atoms with Gasteiger partial charge in [-0.1, -0.05) is 0 Å². The number of nitrogens with zero attached hydrogens (tertiary/aromatic N) is 4. The molecule has 3 rings (SSSR count). The second kappa shape index (κ2) is 6.22. The molecule has 0 aliphatic carbocycles. The third-order valence-corrected chi connectivity index (χ3v) is 3.84. The van der Waals surface area contributed by atoms with Crippen molar-refractivity contribution >= 4 is 17.1 Å². The van der Waals surface area contributed by atoms with E-state index >= 15 is 0 Å². The Bertz CT molecular complexity index is 696. The first-order valence-corrected chi connectivity index (χ1v) is 7.23. The third-order valence-electron chi connectivity index (χ3n) is 3.84. The minimum absolute atomic E-state index is 0.0177. The predicted octanol–water partition coefficient (Wildman–Crippen LogP) is -0.357. The smallest absolute Gasteiger partial charge is 0.247 e. The van der Waals surface area contributed by atoms with Crippen LogP contribution in [0.25, 0.3) is 11.2 Å². The van der Waals surface area contributed by atoms with Crippen LogP contribution in [0.1, 0.15) is 13.2 Å². The molecule has 0 saturated carbocycles. The Morgan fingerprint density at radius 2 is 2.26 bits per heavy atom. The van der Waals surface area contributed by atoms with Gasteiger partial charge in [-0.25, -0.2) is 4.98 Å². The van der Waals surface area contributed by atoms with Crippen molar-refractivity contribution in [3.8, 4) is 5.88 Å². The van der Waals surface area contributed by atoms with E-state index in [1.54, 1.807) is 6.92 Å². The molecule has 1 aliphatic heterocycles. The topological polar surface area (TPSA) is 129 Å². The highest BCUT2D eigenvalue weighted by Gasteiger charge is 2.45. The number of aromatic nitrogens is 4. The highest BCUT2D eigenvalue weighted by molar-refractivity contribution is 5.77. The van der Waals surface area contributed by atoms with Crippen LogP contribution < -0.4 is 10.5 Å². The minimum atomic E-state index is -1.15. The summed E-state index contributed by atoms with van der Waals surface area (Å²) >= 11 is 0. The van der Waals surface area contributed by atoms with Crippen molar-refractivity contribution in [2.24, 2.45) is 5.92 Å². The summed E-state index contributed by atoms with van der Waals surface area (Å²) < 4.78 is 25.5. The number of aliphatic hydroxyl groups is 2. The van der Waals surface area contributed by atoms with Crippen LogP contribution >= 0.6 is 0 Å². The lowest BCUT2D eigenvalue weighted by Crippen LogP contribution is -2.29. The van der Waals surface area contributed by atoms with Gasteiger partial charge >= 0.3 is 0 Å². The maximum atomic E-state index is 13.1. The van der Waals surface area contributed by atoms with Gasteiger partial charge in [0.1, 0.15) is 6.10 Å². The highest BCUT2D eigenvalue weighted by Crippen LogP contribution is 2.36. The number of imidazole rings is 1. The summed E-state index contributed by atoms with van der Waals surface area (Å²) in [5.74, 6) is -0.620. The second-order valence-corrected chi connectivity index (χ2v) is 5.20. The standard InChI is InChI=1S/C13H18FN5O4/c1-2-22-11-8-10(17-13(15)18-11)19(5-16-8)12-9(21)6(3-14)7(4-20)23-12/h5-7,9,12,20-21H,2-4H2,1H3,(H2,15,17,18)/t6-,7-,9-,12-/m1/s1. The highest BCUT2D eigenvalue weighted by atomic mass is 19.1. The number of rotatable bonds is 5. The van der Waals surface area contributed by atoms with Crippen molar-refractivity contribution in [3.63, 3.8) is 0 Å². The molecule has 2 aromatic heterocycles. The molecule has 4 N–H and O–H groups in total. The fourth-order valence-corrected chi connectivity index (χ4v) is 2.72. The maximum Gasteiger partial charge on any atom is 0.247 e. The molecule has 1 saturated heterocycles.